The Hall–Kier alpha value is -3.15. The Morgan fingerprint density at radius 2 is 1.69 bits per heavy atom. The summed E-state index contributed by atoms with van der Waals surface area (Å²) in [7, 11) is 0. The van der Waals surface area contributed by atoms with E-state index >= 15 is 0 Å². The van der Waals surface area contributed by atoms with Gasteiger partial charge in [-0.1, -0.05) is 66.7 Å². The number of carbonyl (C=O) groups is 1. The SMILES string of the molecule is O=C(N[C@H]1CN(Cc2ccccc2)CCC[C@@H]1O)c1cccc(OCc2ccccc2)c1. The molecule has 0 saturated carbocycles. The number of aliphatic hydroxyl groups is 1. The van der Waals surface area contributed by atoms with Gasteiger partial charge in [-0.3, -0.25) is 9.69 Å². The minimum absolute atomic E-state index is 0.194. The maximum absolute atomic E-state index is 13.0. The van der Waals surface area contributed by atoms with Crippen LogP contribution in [0.3, 0.4) is 0 Å². The zero-order valence-corrected chi connectivity index (χ0v) is 18.2. The Morgan fingerprint density at radius 3 is 2.44 bits per heavy atom. The molecule has 5 heteroatoms. The predicted octanol–water partition coefficient (Wildman–Crippen LogP) is 4.02. The summed E-state index contributed by atoms with van der Waals surface area (Å²) in [6.07, 6.45) is 1.02. The summed E-state index contributed by atoms with van der Waals surface area (Å²) in [5.74, 6) is 0.453. The Balaban J connectivity index is 1.38. The third kappa shape index (κ3) is 6.19. The van der Waals surface area contributed by atoms with Gasteiger partial charge in [0.05, 0.1) is 12.1 Å². The second kappa shape index (κ2) is 10.9. The fraction of sp³-hybridized carbons (Fsp3) is 0.296. The Morgan fingerprint density at radius 1 is 0.969 bits per heavy atom. The molecular formula is C27H30N2O3. The molecule has 1 aliphatic rings. The first kappa shape index (κ1) is 22.1. The number of hydrogen-bond acceptors (Lipinski definition) is 4. The summed E-state index contributed by atoms with van der Waals surface area (Å²) in [6.45, 7) is 2.78. The average molecular weight is 431 g/mol. The molecule has 0 spiro atoms. The van der Waals surface area contributed by atoms with E-state index in [9.17, 15) is 9.90 Å². The van der Waals surface area contributed by atoms with Crippen LogP contribution in [0.5, 0.6) is 5.75 Å². The second-order valence-electron chi connectivity index (χ2n) is 8.31. The summed E-state index contributed by atoms with van der Waals surface area (Å²) < 4.78 is 5.86. The number of benzene rings is 3. The molecule has 1 saturated heterocycles. The highest BCUT2D eigenvalue weighted by atomic mass is 16.5. The number of carbonyl (C=O) groups excluding carboxylic acids is 1. The van der Waals surface area contributed by atoms with E-state index in [-0.39, 0.29) is 11.9 Å². The lowest BCUT2D eigenvalue weighted by Gasteiger charge is -2.27. The molecule has 0 aromatic heterocycles. The molecule has 3 aromatic carbocycles. The van der Waals surface area contributed by atoms with Gasteiger partial charge in [-0.25, -0.2) is 0 Å². The van der Waals surface area contributed by atoms with Gasteiger partial charge < -0.3 is 15.2 Å². The van der Waals surface area contributed by atoms with E-state index in [2.05, 4.69) is 22.3 Å². The summed E-state index contributed by atoms with van der Waals surface area (Å²) in [5, 5.41) is 13.7. The second-order valence-corrected chi connectivity index (χ2v) is 8.31. The van der Waals surface area contributed by atoms with Gasteiger partial charge >= 0.3 is 0 Å². The molecule has 2 N–H and O–H groups in total. The van der Waals surface area contributed by atoms with Crippen LogP contribution in [0.15, 0.2) is 84.9 Å². The summed E-state index contributed by atoms with van der Waals surface area (Å²) in [6, 6.07) is 27.1. The van der Waals surface area contributed by atoms with Gasteiger partial charge in [0.2, 0.25) is 0 Å². The molecular weight excluding hydrogens is 400 g/mol. The van der Waals surface area contributed by atoms with Crippen LogP contribution in [-0.2, 0) is 13.2 Å². The van der Waals surface area contributed by atoms with Crippen LogP contribution in [0.4, 0.5) is 0 Å². The molecule has 166 valence electrons. The number of rotatable bonds is 7. The number of ether oxygens (including phenoxy) is 1. The van der Waals surface area contributed by atoms with Crippen LogP contribution >= 0.6 is 0 Å². The highest BCUT2D eigenvalue weighted by molar-refractivity contribution is 5.94. The quantitative estimate of drug-likeness (QED) is 0.594. The van der Waals surface area contributed by atoms with Crippen molar-refractivity contribution in [3.05, 3.63) is 102 Å². The van der Waals surface area contributed by atoms with Crippen molar-refractivity contribution >= 4 is 5.91 Å². The predicted molar refractivity (Wildman–Crippen MR) is 125 cm³/mol. The van der Waals surface area contributed by atoms with Crippen molar-refractivity contribution in [1.82, 2.24) is 10.2 Å². The van der Waals surface area contributed by atoms with Gasteiger partial charge in [-0.15, -0.1) is 0 Å². The van der Waals surface area contributed by atoms with E-state index in [1.54, 1.807) is 12.1 Å². The maximum Gasteiger partial charge on any atom is 0.251 e. The maximum atomic E-state index is 13.0. The normalized spacial score (nSPS) is 19.2. The van der Waals surface area contributed by atoms with Gasteiger partial charge in [-0.2, -0.15) is 0 Å². The van der Waals surface area contributed by atoms with E-state index in [0.717, 1.165) is 25.1 Å². The number of amides is 1. The molecule has 1 amide bonds. The third-order valence-corrected chi connectivity index (χ3v) is 5.80. The zero-order chi connectivity index (χ0) is 22.2. The fourth-order valence-electron chi connectivity index (χ4n) is 4.06. The van der Waals surface area contributed by atoms with E-state index in [1.807, 2.05) is 60.7 Å². The topological polar surface area (TPSA) is 61.8 Å². The Kier molecular flexibility index (Phi) is 7.54. The molecule has 4 rings (SSSR count). The largest absolute Gasteiger partial charge is 0.489 e. The first-order valence-corrected chi connectivity index (χ1v) is 11.2. The van der Waals surface area contributed by atoms with Crippen molar-refractivity contribution in [2.45, 2.75) is 38.1 Å². The van der Waals surface area contributed by atoms with Crippen LogP contribution in [0.2, 0.25) is 0 Å². The number of nitrogens with one attached hydrogen (secondary N) is 1. The lowest BCUT2D eigenvalue weighted by Crippen LogP contribution is -2.48. The molecule has 5 nitrogen and oxygen atoms in total. The number of likely N-dealkylation sites (tertiary alicyclic amines) is 1. The van der Waals surface area contributed by atoms with Gasteiger partial charge in [0.1, 0.15) is 12.4 Å². The molecule has 0 bridgehead atoms. The van der Waals surface area contributed by atoms with Crippen molar-refractivity contribution in [3.63, 3.8) is 0 Å². The van der Waals surface area contributed by atoms with E-state index in [4.69, 9.17) is 4.74 Å². The van der Waals surface area contributed by atoms with Crippen LogP contribution in [0.1, 0.15) is 34.3 Å². The molecule has 1 heterocycles. The molecule has 2 atom stereocenters. The summed E-state index contributed by atoms with van der Waals surface area (Å²) in [5.41, 5.74) is 2.83. The minimum Gasteiger partial charge on any atom is -0.489 e. The van der Waals surface area contributed by atoms with E-state index in [1.165, 1.54) is 5.56 Å². The molecule has 0 radical (unpaired) electrons. The van der Waals surface area contributed by atoms with Crippen molar-refractivity contribution in [2.75, 3.05) is 13.1 Å². The first-order valence-electron chi connectivity index (χ1n) is 11.2. The Labute approximate surface area is 189 Å². The van der Waals surface area contributed by atoms with E-state index in [0.29, 0.717) is 30.9 Å². The zero-order valence-electron chi connectivity index (χ0n) is 18.2. The molecule has 1 aliphatic heterocycles. The lowest BCUT2D eigenvalue weighted by atomic mass is 10.1. The standard InChI is InChI=1S/C27H30N2O3/c30-26-15-8-16-29(18-21-9-3-1-4-10-21)19-25(26)28-27(31)23-13-7-14-24(17-23)32-20-22-11-5-2-6-12-22/h1-7,9-14,17,25-26,30H,8,15-16,18-20H2,(H,28,31)/t25-,26-/m0/s1. The summed E-state index contributed by atoms with van der Waals surface area (Å²) >= 11 is 0. The van der Waals surface area contributed by atoms with Gasteiger partial charge in [-0.05, 0) is 48.7 Å². The van der Waals surface area contributed by atoms with Crippen molar-refractivity contribution in [2.24, 2.45) is 0 Å². The van der Waals surface area contributed by atoms with Crippen LogP contribution in [0.25, 0.3) is 0 Å². The number of hydrogen-bond donors (Lipinski definition) is 2. The van der Waals surface area contributed by atoms with Crippen LogP contribution < -0.4 is 10.1 Å². The molecule has 0 aliphatic carbocycles. The molecule has 0 unspecified atom stereocenters. The van der Waals surface area contributed by atoms with Gasteiger partial charge in [0, 0.05) is 18.7 Å². The first-order chi connectivity index (χ1) is 15.7. The fourth-order valence-corrected chi connectivity index (χ4v) is 4.06. The molecule has 32 heavy (non-hydrogen) atoms. The molecule has 3 aromatic rings. The van der Waals surface area contributed by atoms with Crippen molar-refractivity contribution in [1.29, 1.82) is 0 Å². The van der Waals surface area contributed by atoms with Crippen molar-refractivity contribution < 1.29 is 14.6 Å². The Bertz CT molecular complexity index is 994. The number of nitrogens with zero attached hydrogens (tertiary/aromatic N) is 1. The monoisotopic (exact) mass is 430 g/mol. The third-order valence-electron chi connectivity index (χ3n) is 5.80. The van der Waals surface area contributed by atoms with Crippen molar-refractivity contribution in [3.8, 4) is 5.75 Å². The van der Waals surface area contributed by atoms with Crippen LogP contribution in [0, 0.1) is 0 Å². The average Bonchev–Trinajstić information content (AvgIpc) is 3.00. The van der Waals surface area contributed by atoms with Gasteiger partial charge in [0.15, 0.2) is 0 Å². The van der Waals surface area contributed by atoms with Crippen LogP contribution in [-0.4, -0.2) is 41.1 Å². The molecule has 1 fully saturated rings. The summed E-state index contributed by atoms with van der Waals surface area (Å²) in [4.78, 5) is 15.3. The minimum atomic E-state index is -0.558. The highest BCUT2D eigenvalue weighted by Crippen LogP contribution is 2.18. The van der Waals surface area contributed by atoms with E-state index < -0.39 is 6.10 Å². The highest BCUT2D eigenvalue weighted by Gasteiger charge is 2.27. The van der Waals surface area contributed by atoms with Gasteiger partial charge in [0.25, 0.3) is 5.91 Å². The lowest BCUT2D eigenvalue weighted by molar-refractivity contribution is 0.0797. The number of aliphatic hydroxyl groups excluding tert-OH is 1. The smallest absolute Gasteiger partial charge is 0.251 e.